The summed E-state index contributed by atoms with van der Waals surface area (Å²) >= 11 is 1.27. The molecule has 3 rings (SSSR count). The quantitative estimate of drug-likeness (QED) is 0.835. The molecule has 0 radical (unpaired) electrons. The van der Waals surface area contributed by atoms with Crippen molar-refractivity contribution in [1.82, 2.24) is 15.5 Å². The molecule has 1 aliphatic rings. The van der Waals surface area contributed by atoms with Crippen LogP contribution in [0.4, 0.5) is 5.13 Å². The van der Waals surface area contributed by atoms with Crippen molar-refractivity contribution in [2.45, 2.75) is 25.8 Å². The number of nitrogens with zero attached hydrogens (tertiary/aromatic N) is 2. The van der Waals surface area contributed by atoms with Gasteiger partial charge in [-0.2, -0.15) is 0 Å². The van der Waals surface area contributed by atoms with Crippen molar-refractivity contribution in [3.05, 3.63) is 24.3 Å². The molecule has 1 fully saturated rings. The standard InChI is InChI=1S/C16H18N4O3S/c1-9(17-14(22)10-6-7-10)13(21)18-16-20-19-15(24-16)11-4-3-5-12(8-11)23-2/h3-5,8-10H,6-7H2,1-2H3,(H,17,22)(H,18,20,21). The van der Waals surface area contributed by atoms with E-state index in [2.05, 4.69) is 20.8 Å². The van der Waals surface area contributed by atoms with E-state index in [0.717, 1.165) is 24.2 Å². The number of ether oxygens (including phenoxy) is 1. The van der Waals surface area contributed by atoms with Crippen LogP contribution >= 0.6 is 11.3 Å². The number of aromatic nitrogens is 2. The SMILES string of the molecule is COc1cccc(-c2nnc(NC(=O)C(C)NC(=O)C3CC3)s2)c1. The Morgan fingerprint density at radius 1 is 1.33 bits per heavy atom. The zero-order valence-corrected chi connectivity index (χ0v) is 14.2. The number of hydrogen-bond donors (Lipinski definition) is 2. The molecule has 1 aromatic carbocycles. The third-order valence-electron chi connectivity index (χ3n) is 3.67. The van der Waals surface area contributed by atoms with Gasteiger partial charge >= 0.3 is 0 Å². The largest absolute Gasteiger partial charge is 0.497 e. The van der Waals surface area contributed by atoms with E-state index in [4.69, 9.17) is 4.74 Å². The van der Waals surface area contributed by atoms with E-state index in [0.29, 0.717) is 10.1 Å². The van der Waals surface area contributed by atoms with Crippen LogP contribution in [0.1, 0.15) is 19.8 Å². The minimum atomic E-state index is -0.609. The number of amides is 2. The van der Waals surface area contributed by atoms with Crippen molar-refractivity contribution in [2.24, 2.45) is 5.92 Å². The summed E-state index contributed by atoms with van der Waals surface area (Å²) < 4.78 is 5.19. The third kappa shape index (κ3) is 3.88. The zero-order chi connectivity index (χ0) is 17.1. The van der Waals surface area contributed by atoms with E-state index in [1.165, 1.54) is 11.3 Å². The lowest BCUT2D eigenvalue weighted by Gasteiger charge is -2.12. The van der Waals surface area contributed by atoms with Gasteiger partial charge in [0.25, 0.3) is 0 Å². The van der Waals surface area contributed by atoms with Gasteiger partial charge in [-0.3, -0.25) is 14.9 Å². The number of carbonyl (C=O) groups excluding carboxylic acids is 2. The molecule has 1 atom stereocenters. The third-order valence-corrected chi connectivity index (χ3v) is 4.56. The van der Waals surface area contributed by atoms with Gasteiger partial charge < -0.3 is 10.1 Å². The normalized spacial score (nSPS) is 14.8. The molecule has 7 nitrogen and oxygen atoms in total. The highest BCUT2D eigenvalue weighted by molar-refractivity contribution is 7.18. The summed E-state index contributed by atoms with van der Waals surface area (Å²) in [5.74, 6) is 0.426. The minimum absolute atomic E-state index is 0.0630. The summed E-state index contributed by atoms with van der Waals surface area (Å²) in [7, 11) is 1.60. The molecule has 1 aliphatic carbocycles. The molecule has 1 heterocycles. The van der Waals surface area contributed by atoms with Crippen LogP contribution in [0.3, 0.4) is 0 Å². The number of nitrogens with one attached hydrogen (secondary N) is 2. The Balaban J connectivity index is 1.62. The predicted molar refractivity (Wildman–Crippen MR) is 90.9 cm³/mol. The maximum Gasteiger partial charge on any atom is 0.248 e. The van der Waals surface area contributed by atoms with Crippen molar-refractivity contribution < 1.29 is 14.3 Å². The smallest absolute Gasteiger partial charge is 0.248 e. The number of carbonyl (C=O) groups is 2. The summed E-state index contributed by atoms with van der Waals surface area (Å²) in [6.07, 6.45) is 1.81. The predicted octanol–water partition coefficient (Wildman–Crippen LogP) is 2.07. The van der Waals surface area contributed by atoms with Crippen LogP contribution in [0, 0.1) is 5.92 Å². The number of benzene rings is 1. The molecule has 2 amide bonds. The summed E-state index contributed by atoms with van der Waals surface area (Å²) in [5.41, 5.74) is 0.863. The molecule has 2 N–H and O–H groups in total. The van der Waals surface area contributed by atoms with Crippen LogP contribution in [0.5, 0.6) is 5.75 Å². The maximum atomic E-state index is 12.1. The van der Waals surface area contributed by atoms with E-state index in [-0.39, 0.29) is 17.7 Å². The van der Waals surface area contributed by atoms with Crippen LogP contribution < -0.4 is 15.4 Å². The van der Waals surface area contributed by atoms with E-state index >= 15 is 0 Å². The van der Waals surface area contributed by atoms with E-state index < -0.39 is 6.04 Å². The van der Waals surface area contributed by atoms with Gasteiger partial charge in [0, 0.05) is 11.5 Å². The van der Waals surface area contributed by atoms with E-state index in [1.807, 2.05) is 24.3 Å². The minimum Gasteiger partial charge on any atom is -0.497 e. The second kappa shape index (κ2) is 6.96. The lowest BCUT2D eigenvalue weighted by atomic mass is 10.2. The van der Waals surface area contributed by atoms with Crippen LogP contribution in [-0.4, -0.2) is 35.2 Å². The van der Waals surface area contributed by atoms with Gasteiger partial charge in [-0.15, -0.1) is 10.2 Å². The fraction of sp³-hybridized carbons (Fsp3) is 0.375. The lowest BCUT2D eigenvalue weighted by Crippen LogP contribution is -2.42. The molecule has 2 aromatic rings. The van der Waals surface area contributed by atoms with Crippen molar-refractivity contribution in [1.29, 1.82) is 0 Å². The van der Waals surface area contributed by atoms with Gasteiger partial charge in [0.2, 0.25) is 16.9 Å². The second-order valence-corrected chi connectivity index (χ2v) is 6.62. The molecule has 0 aliphatic heterocycles. The van der Waals surface area contributed by atoms with Crippen LogP contribution in [0.2, 0.25) is 0 Å². The highest BCUT2D eigenvalue weighted by Gasteiger charge is 2.31. The van der Waals surface area contributed by atoms with Crippen molar-refractivity contribution >= 4 is 28.3 Å². The summed E-state index contributed by atoms with van der Waals surface area (Å²) in [6.45, 7) is 1.65. The average molecular weight is 346 g/mol. The average Bonchev–Trinajstić information content (AvgIpc) is 3.34. The fourth-order valence-electron chi connectivity index (χ4n) is 2.10. The summed E-state index contributed by atoms with van der Waals surface area (Å²) in [6, 6.07) is 6.85. The number of hydrogen-bond acceptors (Lipinski definition) is 6. The monoisotopic (exact) mass is 346 g/mol. The Morgan fingerprint density at radius 2 is 2.12 bits per heavy atom. The molecular formula is C16H18N4O3S. The van der Waals surface area contributed by atoms with Crippen LogP contribution in [-0.2, 0) is 9.59 Å². The second-order valence-electron chi connectivity index (χ2n) is 5.64. The topological polar surface area (TPSA) is 93.2 Å². The highest BCUT2D eigenvalue weighted by Crippen LogP contribution is 2.30. The molecule has 1 saturated carbocycles. The molecule has 24 heavy (non-hydrogen) atoms. The van der Waals surface area contributed by atoms with E-state index in [1.54, 1.807) is 14.0 Å². The zero-order valence-electron chi connectivity index (χ0n) is 13.4. The molecule has 1 unspecified atom stereocenters. The molecule has 1 aromatic heterocycles. The van der Waals surface area contributed by atoms with Gasteiger partial charge in [-0.25, -0.2) is 0 Å². The first-order valence-electron chi connectivity index (χ1n) is 7.66. The molecule has 8 heteroatoms. The Kier molecular flexibility index (Phi) is 4.75. The van der Waals surface area contributed by atoms with E-state index in [9.17, 15) is 9.59 Å². The maximum absolute atomic E-state index is 12.1. The van der Waals surface area contributed by atoms with Crippen LogP contribution in [0.15, 0.2) is 24.3 Å². The lowest BCUT2D eigenvalue weighted by molar-refractivity contribution is -0.127. The first kappa shape index (κ1) is 16.4. The van der Waals surface area contributed by atoms with Crippen LogP contribution in [0.25, 0.3) is 10.6 Å². The van der Waals surface area contributed by atoms with Gasteiger partial charge in [0.15, 0.2) is 0 Å². The summed E-state index contributed by atoms with van der Waals surface area (Å²) in [5, 5.41) is 14.5. The molecule has 0 spiro atoms. The van der Waals surface area contributed by atoms with Crippen molar-refractivity contribution in [3.63, 3.8) is 0 Å². The Bertz CT molecular complexity index is 757. The first-order valence-corrected chi connectivity index (χ1v) is 8.47. The first-order chi connectivity index (χ1) is 11.6. The van der Waals surface area contributed by atoms with Gasteiger partial charge in [0.05, 0.1) is 7.11 Å². The Morgan fingerprint density at radius 3 is 2.83 bits per heavy atom. The van der Waals surface area contributed by atoms with Gasteiger partial charge in [-0.1, -0.05) is 23.5 Å². The van der Waals surface area contributed by atoms with Gasteiger partial charge in [-0.05, 0) is 31.9 Å². The molecular weight excluding hydrogens is 328 g/mol. The molecule has 0 saturated heterocycles. The number of rotatable bonds is 6. The summed E-state index contributed by atoms with van der Waals surface area (Å²) in [4.78, 5) is 23.8. The molecule has 0 bridgehead atoms. The number of anilines is 1. The Hall–Kier alpha value is -2.48. The Labute approximate surface area is 143 Å². The fourth-order valence-corrected chi connectivity index (χ4v) is 2.85. The van der Waals surface area contributed by atoms with Gasteiger partial charge in [0.1, 0.15) is 16.8 Å². The highest BCUT2D eigenvalue weighted by atomic mass is 32.1. The number of methoxy groups -OCH3 is 1. The van der Waals surface area contributed by atoms with Crippen molar-refractivity contribution in [3.8, 4) is 16.3 Å². The van der Waals surface area contributed by atoms with Crippen molar-refractivity contribution in [2.75, 3.05) is 12.4 Å². The molecule has 126 valence electrons.